The number of nitrogens with one attached hydrogen (secondary N) is 1. The number of ether oxygens (including phenoxy) is 1. The molecule has 0 spiro atoms. The van der Waals surface area contributed by atoms with Crippen LogP contribution in [0.5, 0.6) is 11.5 Å². The Kier molecular flexibility index (Phi) is 6.38. The summed E-state index contributed by atoms with van der Waals surface area (Å²) in [6.45, 7) is 4.95. The highest BCUT2D eigenvalue weighted by Gasteiger charge is 2.17. The lowest BCUT2D eigenvalue weighted by Crippen LogP contribution is -2.43. The van der Waals surface area contributed by atoms with E-state index in [1.165, 1.54) is 0 Å². The molecular formula is C20H26N2O2. The minimum Gasteiger partial charge on any atom is -0.457 e. The van der Waals surface area contributed by atoms with Crippen molar-refractivity contribution in [3.8, 4) is 11.5 Å². The largest absolute Gasteiger partial charge is 0.457 e. The van der Waals surface area contributed by atoms with Crippen LogP contribution in [0.15, 0.2) is 54.6 Å². The molecule has 1 atom stereocenters. The Morgan fingerprint density at radius 2 is 1.58 bits per heavy atom. The van der Waals surface area contributed by atoms with Crippen LogP contribution in [0.1, 0.15) is 24.2 Å². The standard InChI is InChI=1S/C20H26N2O2/c1-15(2)19(22(3)4)14-21-20(23)16-10-12-18(13-11-16)24-17-8-6-5-7-9-17/h5-13,15,19H,14H2,1-4H3,(H,21,23). The number of nitrogens with zero attached hydrogens (tertiary/aromatic N) is 1. The molecule has 0 radical (unpaired) electrons. The first-order valence-electron chi connectivity index (χ1n) is 8.25. The van der Waals surface area contributed by atoms with Crippen molar-refractivity contribution < 1.29 is 9.53 Å². The molecule has 0 aromatic heterocycles. The van der Waals surface area contributed by atoms with Gasteiger partial charge in [0.25, 0.3) is 5.91 Å². The smallest absolute Gasteiger partial charge is 0.251 e. The predicted molar refractivity (Wildman–Crippen MR) is 97.6 cm³/mol. The minimum atomic E-state index is -0.0613. The van der Waals surface area contributed by atoms with Gasteiger partial charge in [-0.2, -0.15) is 0 Å². The Balaban J connectivity index is 1.93. The maximum atomic E-state index is 12.3. The van der Waals surface area contributed by atoms with E-state index in [0.717, 1.165) is 5.75 Å². The van der Waals surface area contributed by atoms with Crippen LogP contribution in [0.3, 0.4) is 0 Å². The number of para-hydroxylation sites is 1. The van der Waals surface area contributed by atoms with Crippen molar-refractivity contribution in [3.05, 3.63) is 60.2 Å². The van der Waals surface area contributed by atoms with Gasteiger partial charge in [-0.15, -0.1) is 0 Å². The van der Waals surface area contributed by atoms with Crippen molar-refractivity contribution in [2.24, 2.45) is 5.92 Å². The number of rotatable bonds is 7. The number of hydrogen-bond donors (Lipinski definition) is 1. The Morgan fingerprint density at radius 1 is 1.00 bits per heavy atom. The van der Waals surface area contributed by atoms with E-state index < -0.39 is 0 Å². The van der Waals surface area contributed by atoms with Gasteiger partial charge in [-0.05, 0) is 56.4 Å². The fourth-order valence-electron chi connectivity index (χ4n) is 2.61. The molecule has 2 aromatic rings. The van der Waals surface area contributed by atoms with Crippen LogP contribution in [0.25, 0.3) is 0 Å². The molecular weight excluding hydrogens is 300 g/mol. The van der Waals surface area contributed by atoms with E-state index in [1.807, 2.05) is 56.6 Å². The fourth-order valence-corrected chi connectivity index (χ4v) is 2.61. The molecule has 4 nitrogen and oxygen atoms in total. The SMILES string of the molecule is CC(C)C(CNC(=O)c1ccc(Oc2ccccc2)cc1)N(C)C. The van der Waals surface area contributed by atoms with Crippen LogP contribution in [0.4, 0.5) is 0 Å². The maximum Gasteiger partial charge on any atom is 0.251 e. The van der Waals surface area contributed by atoms with Gasteiger partial charge in [0, 0.05) is 18.2 Å². The number of carbonyl (C=O) groups is 1. The molecule has 0 fully saturated rings. The van der Waals surface area contributed by atoms with Gasteiger partial charge in [0.2, 0.25) is 0 Å². The number of hydrogen-bond acceptors (Lipinski definition) is 3. The Labute approximate surface area is 144 Å². The van der Waals surface area contributed by atoms with Crippen LogP contribution >= 0.6 is 0 Å². The van der Waals surface area contributed by atoms with E-state index in [-0.39, 0.29) is 5.91 Å². The minimum absolute atomic E-state index is 0.0613. The van der Waals surface area contributed by atoms with E-state index in [4.69, 9.17) is 4.74 Å². The topological polar surface area (TPSA) is 41.6 Å². The average molecular weight is 326 g/mol. The molecule has 0 heterocycles. The van der Waals surface area contributed by atoms with Gasteiger partial charge in [0.05, 0.1) is 0 Å². The Bertz CT molecular complexity index is 628. The molecule has 0 saturated heterocycles. The van der Waals surface area contributed by atoms with E-state index >= 15 is 0 Å². The van der Waals surface area contributed by atoms with Crippen molar-refractivity contribution >= 4 is 5.91 Å². The molecule has 2 rings (SSSR count). The van der Waals surface area contributed by atoms with Gasteiger partial charge < -0.3 is 15.0 Å². The normalized spacial score (nSPS) is 12.2. The van der Waals surface area contributed by atoms with Gasteiger partial charge >= 0.3 is 0 Å². The second kappa shape index (κ2) is 8.50. The van der Waals surface area contributed by atoms with Crippen molar-refractivity contribution in [1.82, 2.24) is 10.2 Å². The van der Waals surface area contributed by atoms with Crippen molar-refractivity contribution in [3.63, 3.8) is 0 Å². The molecule has 2 aromatic carbocycles. The van der Waals surface area contributed by atoms with Gasteiger partial charge in [0.15, 0.2) is 0 Å². The zero-order valence-electron chi connectivity index (χ0n) is 14.8. The molecule has 128 valence electrons. The molecule has 24 heavy (non-hydrogen) atoms. The molecule has 1 N–H and O–H groups in total. The maximum absolute atomic E-state index is 12.3. The second-order valence-corrected chi connectivity index (χ2v) is 6.42. The molecule has 0 aliphatic rings. The summed E-state index contributed by atoms with van der Waals surface area (Å²) in [5.41, 5.74) is 0.636. The molecule has 0 aliphatic carbocycles. The number of carbonyl (C=O) groups excluding carboxylic acids is 1. The molecule has 1 amide bonds. The zero-order chi connectivity index (χ0) is 17.5. The highest BCUT2D eigenvalue weighted by Crippen LogP contribution is 2.21. The van der Waals surface area contributed by atoms with Crippen LogP contribution in [-0.2, 0) is 0 Å². The lowest BCUT2D eigenvalue weighted by molar-refractivity contribution is 0.0934. The third kappa shape index (κ3) is 5.10. The fraction of sp³-hybridized carbons (Fsp3) is 0.350. The lowest BCUT2D eigenvalue weighted by atomic mass is 10.0. The Morgan fingerprint density at radius 3 is 2.12 bits per heavy atom. The van der Waals surface area contributed by atoms with Gasteiger partial charge in [-0.1, -0.05) is 32.0 Å². The van der Waals surface area contributed by atoms with Crippen molar-refractivity contribution in [2.75, 3.05) is 20.6 Å². The number of amides is 1. The summed E-state index contributed by atoms with van der Waals surface area (Å²) >= 11 is 0. The number of likely N-dealkylation sites (N-methyl/N-ethyl adjacent to an activating group) is 1. The molecule has 4 heteroatoms. The predicted octanol–water partition coefficient (Wildman–Crippen LogP) is 3.79. The lowest BCUT2D eigenvalue weighted by Gasteiger charge is -2.28. The third-order valence-electron chi connectivity index (χ3n) is 4.00. The van der Waals surface area contributed by atoms with Crippen LogP contribution < -0.4 is 10.1 Å². The van der Waals surface area contributed by atoms with Crippen LogP contribution in [0.2, 0.25) is 0 Å². The zero-order valence-corrected chi connectivity index (χ0v) is 14.8. The number of benzene rings is 2. The summed E-state index contributed by atoms with van der Waals surface area (Å²) in [4.78, 5) is 14.4. The summed E-state index contributed by atoms with van der Waals surface area (Å²) < 4.78 is 5.74. The first-order chi connectivity index (χ1) is 11.5. The highest BCUT2D eigenvalue weighted by molar-refractivity contribution is 5.94. The van der Waals surface area contributed by atoms with Crippen LogP contribution in [0, 0.1) is 5.92 Å². The molecule has 1 unspecified atom stereocenters. The summed E-state index contributed by atoms with van der Waals surface area (Å²) in [5, 5.41) is 3.01. The van der Waals surface area contributed by atoms with Crippen molar-refractivity contribution in [1.29, 1.82) is 0 Å². The Hall–Kier alpha value is -2.33. The van der Waals surface area contributed by atoms with Gasteiger partial charge in [-0.25, -0.2) is 0 Å². The van der Waals surface area contributed by atoms with E-state index in [2.05, 4.69) is 24.1 Å². The monoisotopic (exact) mass is 326 g/mol. The molecule has 0 aliphatic heterocycles. The first-order valence-corrected chi connectivity index (χ1v) is 8.25. The second-order valence-electron chi connectivity index (χ2n) is 6.42. The highest BCUT2D eigenvalue weighted by atomic mass is 16.5. The van der Waals surface area contributed by atoms with Gasteiger partial charge in [-0.3, -0.25) is 4.79 Å². The quantitative estimate of drug-likeness (QED) is 0.841. The molecule has 0 saturated carbocycles. The van der Waals surface area contributed by atoms with Crippen LogP contribution in [-0.4, -0.2) is 37.5 Å². The molecule has 0 bridgehead atoms. The van der Waals surface area contributed by atoms with Gasteiger partial charge in [0.1, 0.15) is 11.5 Å². The summed E-state index contributed by atoms with van der Waals surface area (Å²) in [6, 6.07) is 17.1. The average Bonchev–Trinajstić information content (AvgIpc) is 2.56. The van der Waals surface area contributed by atoms with E-state index in [0.29, 0.717) is 29.8 Å². The van der Waals surface area contributed by atoms with E-state index in [9.17, 15) is 4.79 Å². The summed E-state index contributed by atoms with van der Waals surface area (Å²) in [6.07, 6.45) is 0. The van der Waals surface area contributed by atoms with E-state index in [1.54, 1.807) is 12.1 Å². The first kappa shape index (κ1) is 18.0. The summed E-state index contributed by atoms with van der Waals surface area (Å²) in [5.74, 6) is 1.90. The van der Waals surface area contributed by atoms with Crippen molar-refractivity contribution in [2.45, 2.75) is 19.9 Å². The summed E-state index contributed by atoms with van der Waals surface area (Å²) in [7, 11) is 4.07. The third-order valence-corrected chi connectivity index (χ3v) is 4.00.